The second-order valence-electron chi connectivity index (χ2n) is 4.23. The Bertz CT molecular complexity index is 677. The first-order valence-electron chi connectivity index (χ1n) is 5.59. The van der Waals surface area contributed by atoms with E-state index in [-0.39, 0.29) is 4.31 Å². The summed E-state index contributed by atoms with van der Waals surface area (Å²) in [4.78, 5) is 9.46. The summed E-state index contributed by atoms with van der Waals surface area (Å²) in [6.07, 6.45) is -6.66. The van der Waals surface area contributed by atoms with E-state index in [9.17, 15) is 30.8 Å². The van der Waals surface area contributed by atoms with E-state index >= 15 is 0 Å². The minimum Gasteiger partial charge on any atom is -0.481 e. The third-order valence-electron chi connectivity index (χ3n) is 2.76. The molecule has 0 aliphatic carbocycles. The number of halogens is 5. The maximum atomic E-state index is 13.7. The van der Waals surface area contributed by atoms with Crippen molar-refractivity contribution < 1.29 is 35.9 Å². The number of rotatable bonds is 5. The lowest BCUT2D eigenvalue weighted by molar-refractivity contribution is -0.177. The van der Waals surface area contributed by atoms with Gasteiger partial charge in [-0.25, -0.2) is 12.8 Å². The fourth-order valence-corrected chi connectivity index (χ4v) is 3.28. The molecule has 0 saturated heterocycles. The SMILES string of the molecule is CN(C(CC(=O)O)C(F)(F)F)S(=O)(=O)c1cccc(Cl)c1F. The standard InChI is InChI=1S/C11H10ClF4NO4S/c1-17(8(5-9(18)19)11(14,15)16)22(20,21)7-4-2-3-6(12)10(7)13/h2-4,8H,5H2,1H3,(H,18,19). The van der Waals surface area contributed by atoms with E-state index < -0.39 is 50.4 Å². The highest BCUT2D eigenvalue weighted by molar-refractivity contribution is 7.89. The summed E-state index contributed by atoms with van der Waals surface area (Å²) in [7, 11) is -4.41. The third-order valence-corrected chi connectivity index (χ3v) is 4.93. The molecule has 0 bridgehead atoms. The molecule has 1 rings (SSSR count). The number of sulfonamides is 1. The molecule has 5 nitrogen and oxygen atoms in total. The van der Waals surface area contributed by atoms with E-state index in [2.05, 4.69) is 0 Å². The Hall–Kier alpha value is -1.39. The highest BCUT2D eigenvalue weighted by Crippen LogP contribution is 2.32. The summed E-state index contributed by atoms with van der Waals surface area (Å²) >= 11 is 5.40. The lowest BCUT2D eigenvalue weighted by Crippen LogP contribution is -2.47. The van der Waals surface area contributed by atoms with Crippen LogP contribution in [0.4, 0.5) is 17.6 Å². The minimum absolute atomic E-state index is 0.226. The summed E-state index contributed by atoms with van der Waals surface area (Å²) in [5.74, 6) is -3.26. The summed E-state index contributed by atoms with van der Waals surface area (Å²) in [5.41, 5.74) is 0. The minimum atomic E-state index is -5.14. The molecule has 1 aromatic rings. The van der Waals surface area contributed by atoms with Crippen molar-refractivity contribution >= 4 is 27.6 Å². The maximum absolute atomic E-state index is 13.7. The van der Waals surface area contributed by atoms with E-state index in [4.69, 9.17) is 16.7 Å². The number of benzene rings is 1. The average Bonchev–Trinajstić information content (AvgIpc) is 2.36. The summed E-state index contributed by atoms with van der Waals surface area (Å²) in [5, 5.41) is 7.93. The van der Waals surface area contributed by atoms with Crippen molar-refractivity contribution in [1.82, 2.24) is 4.31 Å². The second-order valence-corrected chi connectivity index (χ2v) is 6.60. The largest absolute Gasteiger partial charge is 0.481 e. The van der Waals surface area contributed by atoms with Gasteiger partial charge in [-0.15, -0.1) is 0 Å². The van der Waals surface area contributed by atoms with Crippen LogP contribution in [0.5, 0.6) is 0 Å². The van der Waals surface area contributed by atoms with Gasteiger partial charge < -0.3 is 5.11 Å². The zero-order valence-electron chi connectivity index (χ0n) is 10.9. The normalized spacial score (nSPS) is 14.1. The van der Waals surface area contributed by atoms with Crippen LogP contribution in [0.25, 0.3) is 0 Å². The molecule has 1 aromatic carbocycles. The van der Waals surface area contributed by atoms with Crippen LogP contribution < -0.4 is 0 Å². The third kappa shape index (κ3) is 3.87. The van der Waals surface area contributed by atoms with Gasteiger partial charge in [0.25, 0.3) is 0 Å². The Labute approximate surface area is 128 Å². The van der Waals surface area contributed by atoms with Crippen molar-refractivity contribution in [3.63, 3.8) is 0 Å². The molecule has 0 radical (unpaired) electrons. The van der Waals surface area contributed by atoms with Gasteiger partial charge in [0.2, 0.25) is 10.0 Å². The topological polar surface area (TPSA) is 74.7 Å². The molecule has 0 saturated carbocycles. The molecule has 0 amide bonds. The molecule has 0 spiro atoms. The van der Waals surface area contributed by atoms with Crippen LogP contribution in [0.15, 0.2) is 23.1 Å². The van der Waals surface area contributed by atoms with Crippen LogP contribution in [0.1, 0.15) is 6.42 Å². The fourth-order valence-electron chi connectivity index (χ4n) is 1.62. The van der Waals surface area contributed by atoms with Crippen LogP contribution in [-0.2, 0) is 14.8 Å². The fraction of sp³-hybridized carbons (Fsp3) is 0.364. The van der Waals surface area contributed by atoms with E-state index in [0.29, 0.717) is 7.05 Å². The molecular weight excluding hydrogens is 354 g/mol. The molecule has 11 heteroatoms. The Kier molecular flexibility index (Phi) is 5.42. The van der Waals surface area contributed by atoms with Crippen LogP contribution in [0.2, 0.25) is 5.02 Å². The van der Waals surface area contributed by atoms with Gasteiger partial charge in [-0.3, -0.25) is 4.79 Å². The molecule has 1 unspecified atom stereocenters. The maximum Gasteiger partial charge on any atom is 0.405 e. The first-order valence-corrected chi connectivity index (χ1v) is 7.41. The molecule has 124 valence electrons. The Morgan fingerprint density at radius 1 is 1.41 bits per heavy atom. The highest BCUT2D eigenvalue weighted by atomic mass is 35.5. The zero-order valence-corrected chi connectivity index (χ0v) is 12.5. The van der Waals surface area contributed by atoms with Crippen molar-refractivity contribution in [2.24, 2.45) is 0 Å². The monoisotopic (exact) mass is 363 g/mol. The van der Waals surface area contributed by atoms with Crippen LogP contribution in [-0.4, -0.2) is 43.1 Å². The molecule has 0 fully saturated rings. The Morgan fingerprint density at radius 2 is 1.95 bits per heavy atom. The molecule has 1 N–H and O–H groups in total. The van der Waals surface area contributed by atoms with Crippen molar-refractivity contribution in [2.45, 2.75) is 23.5 Å². The second kappa shape index (κ2) is 6.39. The molecular formula is C11H10ClF4NO4S. The molecule has 0 aromatic heterocycles. The quantitative estimate of drug-likeness (QED) is 0.816. The lowest BCUT2D eigenvalue weighted by atomic mass is 10.2. The number of aliphatic carboxylic acids is 1. The smallest absolute Gasteiger partial charge is 0.405 e. The first kappa shape index (κ1) is 18.7. The zero-order chi connectivity index (χ0) is 17.3. The van der Waals surface area contributed by atoms with E-state index in [0.717, 1.165) is 18.2 Å². The summed E-state index contributed by atoms with van der Waals surface area (Å²) < 4.78 is 76.3. The van der Waals surface area contributed by atoms with Gasteiger partial charge >= 0.3 is 12.1 Å². The number of hydrogen-bond donors (Lipinski definition) is 1. The predicted octanol–water partition coefficient (Wildman–Crippen LogP) is 2.51. The molecule has 0 heterocycles. The van der Waals surface area contributed by atoms with Gasteiger partial charge in [-0.2, -0.15) is 17.5 Å². The highest BCUT2D eigenvalue weighted by Gasteiger charge is 2.48. The Balaban J connectivity index is 3.36. The molecule has 1 atom stereocenters. The number of carboxylic acid groups (broad SMARTS) is 1. The number of carbonyl (C=O) groups is 1. The summed E-state index contributed by atoms with van der Waals surface area (Å²) in [6.45, 7) is 0. The predicted molar refractivity (Wildman–Crippen MR) is 68.5 cm³/mol. The van der Waals surface area contributed by atoms with Crippen LogP contribution in [0.3, 0.4) is 0 Å². The summed E-state index contributed by atoms with van der Waals surface area (Å²) in [6, 6.07) is -0.0323. The van der Waals surface area contributed by atoms with Crippen molar-refractivity contribution in [3.8, 4) is 0 Å². The number of carboxylic acids is 1. The van der Waals surface area contributed by atoms with E-state index in [1.807, 2.05) is 0 Å². The molecule has 0 aliphatic heterocycles. The van der Waals surface area contributed by atoms with Gasteiger partial charge in [0.15, 0.2) is 5.82 Å². The van der Waals surface area contributed by atoms with Gasteiger partial charge in [0, 0.05) is 7.05 Å². The van der Waals surface area contributed by atoms with E-state index in [1.165, 1.54) is 0 Å². The van der Waals surface area contributed by atoms with Gasteiger partial charge in [-0.05, 0) is 12.1 Å². The Morgan fingerprint density at radius 3 is 2.41 bits per heavy atom. The van der Waals surface area contributed by atoms with E-state index in [1.54, 1.807) is 0 Å². The van der Waals surface area contributed by atoms with Crippen molar-refractivity contribution in [1.29, 1.82) is 0 Å². The number of alkyl halides is 3. The number of nitrogens with zero attached hydrogens (tertiary/aromatic N) is 1. The van der Waals surface area contributed by atoms with Crippen LogP contribution in [0, 0.1) is 5.82 Å². The lowest BCUT2D eigenvalue weighted by Gasteiger charge is -2.28. The number of hydrogen-bond acceptors (Lipinski definition) is 3. The van der Waals surface area contributed by atoms with Crippen LogP contribution >= 0.6 is 11.6 Å². The first-order chi connectivity index (χ1) is 9.89. The van der Waals surface area contributed by atoms with Gasteiger partial charge in [0.05, 0.1) is 11.4 Å². The van der Waals surface area contributed by atoms with Gasteiger partial charge in [0.1, 0.15) is 10.9 Å². The molecule has 0 aliphatic rings. The van der Waals surface area contributed by atoms with Crippen molar-refractivity contribution in [2.75, 3.05) is 7.05 Å². The average molecular weight is 364 g/mol. The molecule has 22 heavy (non-hydrogen) atoms. The van der Waals surface area contributed by atoms with Crippen molar-refractivity contribution in [3.05, 3.63) is 29.0 Å². The van der Waals surface area contributed by atoms with Gasteiger partial charge in [-0.1, -0.05) is 17.7 Å².